The SMILES string of the molecule is O=C(O)C[NH+](CC(=O)O)CC(=O)O.[Cl-]. The van der Waals surface area contributed by atoms with E-state index in [9.17, 15) is 14.4 Å². The highest BCUT2D eigenvalue weighted by molar-refractivity contribution is 5.72. The minimum atomic E-state index is -1.22. The van der Waals surface area contributed by atoms with Crippen molar-refractivity contribution in [2.45, 2.75) is 0 Å². The molecule has 8 heteroatoms. The Balaban J connectivity index is 0. The van der Waals surface area contributed by atoms with E-state index in [2.05, 4.69) is 0 Å². The van der Waals surface area contributed by atoms with E-state index < -0.39 is 37.5 Å². The van der Waals surface area contributed by atoms with E-state index >= 15 is 0 Å². The van der Waals surface area contributed by atoms with Gasteiger partial charge in [0.25, 0.3) is 0 Å². The molecule has 0 heterocycles. The Bertz CT molecular complexity index is 192. The number of halogens is 1. The van der Waals surface area contributed by atoms with E-state index in [0.29, 0.717) is 0 Å². The molecular formula is C6H10ClNO6. The summed E-state index contributed by atoms with van der Waals surface area (Å²) in [5, 5.41) is 24.9. The van der Waals surface area contributed by atoms with Gasteiger partial charge in [0.05, 0.1) is 0 Å². The number of carboxylic acid groups (broad SMARTS) is 3. The van der Waals surface area contributed by atoms with E-state index in [1.807, 2.05) is 0 Å². The average molecular weight is 228 g/mol. The minimum Gasteiger partial charge on any atom is -1.00 e. The monoisotopic (exact) mass is 227 g/mol. The Hall–Kier alpha value is -1.34. The summed E-state index contributed by atoms with van der Waals surface area (Å²) in [7, 11) is 0. The Morgan fingerprint density at radius 2 is 1.00 bits per heavy atom. The summed E-state index contributed by atoms with van der Waals surface area (Å²) in [4.78, 5) is 30.5. The van der Waals surface area contributed by atoms with Gasteiger partial charge in [0, 0.05) is 0 Å². The Morgan fingerprint density at radius 1 is 0.786 bits per heavy atom. The van der Waals surface area contributed by atoms with Crippen LogP contribution in [0.4, 0.5) is 0 Å². The molecule has 4 N–H and O–H groups in total. The van der Waals surface area contributed by atoms with Crippen LogP contribution in [0.1, 0.15) is 0 Å². The maximum atomic E-state index is 10.2. The number of quaternary nitrogens is 1. The second kappa shape index (κ2) is 7.10. The van der Waals surface area contributed by atoms with Gasteiger partial charge in [-0.1, -0.05) is 0 Å². The summed E-state index contributed by atoms with van der Waals surface area (Å²) < 4.78 is 0. The van der Waals surface area contributed by atoms with Gasteiger partial charge in [0.1, 0.15) is 0 Å². The van der Waals surface area contributed by atoms with E-state index in [4.69, 9.17) is 15.3 Å². The van der Waals surface area contributed by atoms with Gasteiger partial charge in [-0.15, -0.1) is 0 Å². The molecule has 0 amide bonds. The first-order chi connectivity index (χ1) is 5.91. The molecule has 0 spiro atoms. The minimum absolute atomic E-state index is 0. The summed E-state index contributed by atoms with van der Waals surface area (Å²) in [6.07, 6.45) is 0. The first kappa shape index (κ1) is 15.1. The number of carbonyl (C=O) groups is 3. The number of hydrogen-bond donors (Lipinski definition) is 4. The predicted octanol–water partition coefficient (Wildman–Crippen LogP) is -5.87. The Labute approximate surface area is 85.3 Å². The van der Waals surface area contributed by atoms with Crippen molar-refractivity contribution in [2.24, 2.45) is 0 Å². The first-order valence-electron chi connectivity index (χ1n) is 3.40. The highest BCUT2D eigenvalue weighted by Crippen LogP contribution is 1.60. The molecule has 0 fully saturated rings. The first-order valence-corrected chi connectivity index (χ1v) is 3.40. The molecule has 14 heavy (non-hydrogen) atoms. The highest BCUT2D eigenvalue weighted by Gasteiger charge is 2.19. The third-order valence-electron chi connectivity index (χ3n) is 1.20. The number of nitrogens with one attached hydrogen (secondary N) is 1. The largest absolute Gasteiger partial charge is 1.00 e. The fourth-order valence-electron chi connectivity index (χ4n) is 0.829. The van der Waals surface area contributed by atoms with E-state index in [1.54, 1.807) is 0 Å². The molecule has 82 valence electrons. The smallest absolute Gasteiger partial charge is 0.359 e. The van der Waals surface area contributed by atoms with Crippen molar-refractivity contribution in [2.75, 3.05) is 19.6 Å². The topological polar surface area (TPSA) is 116 Å². The average Bonchev–Trinajstić information content (AvgIpc) is 1.80. The lowest BCUT2D eigenvalue weighted by atomic mass is 10.4. The van der Waals surface area contributed by atoms with E-state index in [1.165, 1.54) is 0 Å². The van der Waals surface area contributed by atoms with Gasteiger partial charge in [0.15, 0.2) is 19.6 Å². The molecule has 7 nitrogen and oxygen atoms in total. The maximum Gasteiger partial charge on any atom is 0.359 e. The van der Waals surface area contributed by atoms with Crippen molar-refractivity contribution in [3.05, 3.63) is 0 Å². The molecule has 0 atom stereocenters. The second-order valence-corrected chi connectivity index (χ2v) is 2.46. The van der Waals surface area contributed by atoms with Crippen LogP contribution in [0, 0.1) is 0 Å². The van der Waals surface area contributed by atoms with Gasteiger partial charge in [0.2, 0.25) is 0 Å². The third kappa shape index (κ3) is 8.75. The van der Waals surface area contributed by atoms with Crippen molar-refractivity contribution in [1.29, 1.82) is 0 Å². The van der Waals surface area contributed by atoms with Crippen LogP contribution in [-0.2, 0) is 14.4 Å². The van der Waals surface area contributed by atoms with Gasteiger partial charge in [-0.25, -0.2) is 14.4 Å². The van der Waals surface area contributed by atoms with Crippen LogP contribution in [0.3, 0.4) is 0 Å². The van der Waals surface area contributed by atoms with E-state index in [-0.39, 0.29) is 17.3 Å². The van der Waals surface area contributed by atoms with Crippen molar-refractivity contribution >= 4 is 17.9 Å². The summed E-state index contributed by atoms with van der Waals surface area (Å²) in [5.74, 6) is -3.67. The Morgan fingerprint density at radius 3 is 1.14 bits per heavy atom. The van der Waals surface area contributed by atoms with Crippen LogP contribution in [0.15, 0.2) is 0 Å². The molecule has 0 aromatic carbocycles. The Kier molecular flexibility index (Phi) is 7.68. The van der Waals surface area contributed by atoms with Crippen LogP contribution >= 0.6 is 0 Å². The zero-order chi connectivity index (χ0) is 10.4. The molecule has 0 bridgehead atoms. The van der Waals surface area contributed by atoms with Crippen LogP contribution < -0.4 is 17.3 Å². The fourth-order valence-corrected chi connectivity index (χ4v) is 0.829. The number of aliphatic carboxylic acids is 3. The van der Waals surface area contributed by atoms with Crippen LogP contribution in [0.25, 0.3) is 0 Å². The lowest BCUT2D eigenvalue weighted by molar-refractivity contribution is -0.877. The molecule has 0 aliphatic carbocycles. The number of rotatable bonds is 6. The van der Waals surface area contributed by atoms with Crippen LogP contribution in [0.2, 0.25) is 0 Å². The van der Waals surface area contributed by atoms with Crippen molar-refractivity contribution in [3.8, 4) is 0 Å². The lowest BCUT2D eigenvalue weighted by Crippen LogP contribution is -3.14. The summed E-state index contributed by atoms with van der Waals surface area (Å²) in [6, 6.07) is 0. The van der Waals surface area contributed by atoms with E-state index in [0.717, 1.165) is 0 Å². The molecule has 0 unspecified atom stereocenters. The van der Waals surface area contributed by atoms with Crippen molar-refractivity contribution < 1.29 is 47.0 Å². The summed E-state index contributed by atoms with van der Waals surface area (Å²) in [6.45, 7) is -1.55. The molecule has 0 aromatic heterocycles. The number of carboxylic acids is 3. The standard InChI is InChI=1S/C6H9NO6.ClH/c8-4(9)1-7(2-5(10)11)3-6(12)13;/h1-3H2,(H,8,9)(H,10,11)(H,12,13);1H. The van der Waals surface area contributed by atoms with Crippen LogP contribution in [-0.4, -0.2) is 52.9 Å². The zero-order valence-corrected chi connectivity index (χ0v) is 7.82. The highest BCUT2D eigenvalue weighted by atomic mass is 35.5. The molecule has 0 aliphatic heterocycles. The molecule has 0 saturated heterocycles. The zero-order valence-electron chi connectivity index (χ0n) is 7.07. The molecule has 0 aliphatic rings. The van der Waals surface area contributed by atoms with Gasteiger partial charge in [-0.2, -0.15) is 0 Å². The molecule has 0 rings (SSSR count). The maximum absolute atomic E-state index is 10.2. The normalized spacial score (nSPS) is 9.21. The van der Waals surface area contributed by atoms with Gasteiger partial charge in [-0.3, -0.25) is 0 Å². The quantitative estimate of drug-likeness (QED) is 0.359. The van der Waals surface area contributed by atoms with Gasteiger partial charge >= 0.3 is 17.9 Å². The third-order valence-corrected chi connectivity index (χ3v) is 1.20. The van der Waals surface area contributed by atoms with Crippen molar-refractivity contribution in [3.63, 3.8) is 0 Å². The van der Waals surface area contributed by atoms with Crippen LogP contribution in [0.5, 0.6) is 0 Å². The summed E-state index contributed by atoms with van der Waals surface area (Å²) >= 11 is 0. The predicted molar refractivity (Wildman–Crippen MR) is 38.5 cm³/mol. The molecule has 0 aromatic rings. The number of hydrogen-bond acceptors (Lipinski definition) is 3. The van der Waals surface area contributed by atoms with Crippen molar-refractivity contribution in [1.82, 2.24) is 0 Å². The van der Waals surface area contributed by atoms with Gasteiger partial charge < -0.3 is 32.6 Å². The lowest BCUT2D eigenvalue weighted by Gasteiger charge is -2.11. The molecular weight excluding hydrogens is 218 g/mol. The summed E-state index contributed by atoms with van der Waals surface area (Å²) in [5.41, 5.74) is 0. The molecule has 0 radical (unpaired) electrons. The second-order valence-electron chi connectivity index (χ2n) is 2.46. The van der Waals surface area contributed by atoms with Gasteiger partial charge in [-0.05, 0) is 0 Å². The fraction of sp³-hybridized carbons (Fsp3) is 0.500. The molecule has 0 saturated carbocycles.